The van der Waals surface area contributed by atoms with Crippen molar-refractivity contribution in [1.82, 2.24) is 14.3 Å². The predicted octanol–water partition coefficient (Wildman–Crippen LogP) is 3.99. The van der Waals surface area contributed by atoms with Crippen LogP contribution in [-0.2, 0) is 13.5 Å². The number of aromatic nitrogens is 3. The van der Waals surface area contributed by atoms with Crippen LogP contribution < -0.4 is 5.56 Å². The summed E-state index contributed by atoms with van der Waals surface area (Å²) >= 11 is 0. The first kappa shape index (κ1) is 17.8. The van der Waals surface area contributed by atoms with Crippen molar-refractivity contribution in [2.75, 3.05) is 0 Å². The van der Waals surface area contributed by atoms with Gasteiger partial charge in [0.15, 0.2) is 0 Å². The first-order chi connectivity index (χ1) is 13.6. The predicted molar refractivity (Wildman–Crippen MR) is 113 cm³/mol. The van der Waals surface area contributed by atoms with Crippen molar-refractivity contribution < 1.29 is 0 Å². The maximum atomic E-state index is 13.5. The molecule has 0 aliphatic rings. The summed E-state index contributed by atoms with van der Waals surface area (Å²) in [7, 11) is 1.86. The third-order valence-corrected chi connectivity index (χ3v) is 4.79. The van der Waals surface area contributed by atoms with Crippen LogP contribution >= 0.6 is 0 Å². The molecule has 0 amide bonds. The number of pyridine rings is 1. The van der Waals surface area contributed by atoms with E-state index >= 15 is 0 Å². The normalized spacial score (nSPS) is 10.7. The smallest absolute Gasteiger partial charge is 0.264 e. The van der Waals surface area contributed by atoms with Crippen LogP contribution in [0.3, 0.4) is 0 Å². The van der Waals surface area contributed by atoms with E-state index in [1.54, 1.807) is 10.9 Å². The molecule has 28 heavy (non-hydrogen) atoms. The molecular formula is C24H21N3O. The van der Waals surface area contributed by atoms with Crippen LogP contribution in [0.1, 0.15) is 29.3 Å². The molecule has 0 N–H and O–H groups in total. The van der Waals surface area contributed by atoms with Crippen molar-refractivity contribution in [3.05, 3.63) is 93.7 Å². The molecule has 4 aromatic rings. The van der Waals surface area contributed by atoms with Gasteiger partial charge in [-0.2, -0.15) is 5.10 Å². The molecule has 4 rings (SSSR count). The van der Waals surface area contributed by atoms with Crippen molar-refractivity contribution in [3.63, 3.8) is 0 Å². The van der Waals surface area contributed by atoms with Crippen LogP contribution in [0.5, 0.6) is 0 Å². The van der Waals surface area contributed by atoms with E-state index in [0.717, 1.165) is 39.9 Å². The lowest BCUT2D eigenvalue weighted by Crippen LogP contribution is -2.22. The van der Waals surface area contributed by atoms with Crippen molar-refractivity contribution in [2.24, 2.45) is 7.05 Å². The summed E-state index contributed by atoms with van der Waals surface area (Å²) in [5.74, 6) is 6.29. The van der Waals surface area contributed by atoms with Gasteiger partial charge >= 0.3 is 0 Å². The molecule has 0 atom stereocenters. The van der Waals surface area contributed by atoms with Gasteiger partial charge in [-0.1, -0.05) is 43.0 Å². The quantitative estimate of drug-likeness (QED) is 0.503. The van der Waals surface area contributed by atoms with E-state index < -0.39 is 0 Å². The van der Waals surface area contributed by atoms with Crippen molar-refractivity contribution in [2.45, 2.75) is 20.3 Å². The second kappa shape index (κ2) is 7.21. The van der Waals surface area contributed by atoms with Crippen molar-refractivity contribution in [3.8, 4) is 17.5 Å². The van der Waals surface area contributed by atoms with Gasteiger partial charge in [0.05, 0.1) is 17.1 Å². The molecule has 4 nitrogen and oxygen atoms in total. The lowest BCUT2D eigenvalue weighted by Gasteiger charge is -2.14. The number of hydrogen-bond donors (Lipinski definition) is 0. The van der Waals surface area contributed by atoms with E-state index in [1.165, 1.54) is 0 Å². The number of benzene rings is 2. The molecule has 0 fully saturated rings. The van der Waals surface area contributed by atoms with Crippen LogP contribution in [0.2, 0.25) is 0 Å². The number of nitrogens with zero attached hydrogens (tertiary/aromatic N) is 3. The van der Waals surface area contributed by atoms with Gasteiger partial charge in [0, 0.05) is 30.2 Å². The molecule has 0 bridgehead atoms. The number of hydrogen-bond acceptors (Lipinski definition) is 2. The second-order valence-electron chi connectivity index (χ2n) is 6.89. The number of fused-ring (bicyclic) bond motifs is 1. The van der Waals surface area contributed by atoms with E-state index in [0.29, 0.717) is 5.39 Å². The fourth-order valence-corrected chi connectivity index (χ4v) is 3.46. The molecule has 0 radical (unpaired) electrons. The molecular weight excluding hydrogens is 346 g/mol. The molecule has 0 saturated heterocycles. The van der Waals surface area contributed by atoms with Crippen molar-refractivity contribution >= 4 is 10.8 Å². The number of aryl methyl sites for hydroxylation is 3. The fraction of sp³-hybridized carbons (Fsp3) is 0.167. The Labute approximate surface area is 164 Å². The van der Waals surface area contributed by atoms with Gasteiger partial charge in [0.25, 0.3) is 5.56 Å². The molecule has 2 heterocycles. The summed E-state index contributed by atoms with van der Waals surface area (Å²) in [6, 6.07) is 15.9. The van der Waals surface area contributed by atoms with Crippen LogP contribution in [-0.4, -0.2) is 14.3 Å². The molecule has 2 aromatic heterocycles. The Morgan fingerprint density at radius 3 is 2.61 bits per heavy atom. The fourth-order valence-electron chi connectivity index (χ4n) is 3.46. The van der Waals surface area contributed by atoms with Crippen LogP contribution in [0, 0.1) is 18.8 Å². The Kier molecular flexibility index (Phi) is 4.58. The van der Waals surface area contributed by atoms with E-state index in [4.69, 9.17) is 0 Å². The summed E-state index contributed by atoms with van der Waals surface area (Å²) < 4.78 is 3.52. The third kappa shape index (κ3) is 3.23. The summed E-state index contributed by atoms with van der Waals surface area (Å²) in [6.07, 6.45) is 4.35. The zero-order valence-electron chi connectivity index (χ0n) is 16.2. The molecule has 0 aliphatic heterocycles. The van der Waals surface area contributed by atoms with Gasteiger partial charge in [-0.3, -0.25) is 14.0 Å². The molecule has 0 saturated carbocycles. The monoisotopic (exact) mass is 367 g/mol. The number of rotatable bonds is 2. The Morgan fingerprint density at radius 2 is 1.89 bits per heavy atom. The highest BCUT2D eigenvalue weighted by atomic mass is 16.1. The maximum Gasteiger partial charge on any atom is 0.264 e. The van der Waals surface area contributed by atoms with Gasteiger partial charge in [-0.25, -0.2) is 0 Å². The van der Waals surface area contributed by atoms with Gasteiger partial charge in [0.2, 0.25) is 0 Å². The van der Waals surface area contributed by atoms with Gasteiger partial charge in [0.1, 0.15) is 0 Å². The highest BCUT2D eigenvalue weighted by molar-refractivity contribution is 5.88. The minimum Gasteiger partial charge on any atom is -0.281 e. The summed E-state index contributed by atoms with van der Waals surface area (Å²) in [5.41, 5.74) is 4.52. The van der Waals surface area contributed by atoms with Crippen LogP contribution in [0.15, 0.2) is 65.7 Å². The van der Waals surface area contributed by atoms with E-state index in [9.17, 15) is 4.79 Å². The topological polar surface area (TPSA) is 39.8 Å². The second-order valence-corrected chi connectivity index (χ2v) is 6.89. The highest BCUT2D eigenvalue weighted by Gasteiger charge is 2.12. The first-order valence-corrected chi connectivity index (χ1v) is 9.32. The summed E-state index contributed by atoms with van der Waals surface area (Å²) in [4.78, 5) is 13.5. The Hall–Kier alpha value is -3.58. The molecule has 2 aromatic carbocycles. The standard InChI is InChI=1S/C24H21N3O/c1-4-21-14-20-9-6-8-19(12-11-18-15-25-26(3)16-18)23(20)24(28)27(21)22-10-5-7-17(2)13-22/h5-10,13-16H,4H2,1-3H3. The molecule has 4 heteroatoms. The molecule has 0 unspecified atom stereocenters. The lowest BCUT2D eigenvalue weighted by atomic mass is 10.0. The zero-order valence-corrected chi connectivity index (χ0v) is 16.2. The van der Waals surface area contributed by atoms with E-state index in [2.05, 4.69) is 29.9 Å². The van der Waals surface area contributed by atoms with E-state index in [-0.39, 0.29) is 5.56 Å². The van der Waals surface area contributed by atoms with E-state index in [1.807, 2.05) is 67.2 Å². The largest absolute Gasteiger partial charge is 0.281 e. The summed E-state index contributed by atoms with van der Waals surface area (Å²) in [5, 5.41) is 5.71. The van der Waals surface area contributed by atoms with Gasteiger partial charge < -0.3 is 0 Å². The third-order valence-electron chi connectivity index (χ3n) is 4.79. The first-order valence-electron chi connectivity index (χ1n) is 9.32. The SMILES string of the molecule is CCc1cc2cccc(C#Cc3cnn(C)c3)c2c(=O)n1-c1cccc(C)c1. The van der Waals surface area contributed by atoms with Gasteiger partial charge in [-0.15, -0.1) is 0 Å². The Bertz CT molecular complexity index is 1300. The average molecular weight is 367 g/mol. The average Bonchev–Trinajstić information content (AvgIpc) is 3.11. The maximum absolute atomic E-state index is 13.5. The summed E-state index contributed by atoms with van der Waals surface area (Å²) in [6.45, 7) is 4.10. The molecule has 0 aliphatic carbocycles. The zero-order chi connectivity index (χ0) is 19.7. The lowest BCUT2D eigenvalue weighted by molar-refractivity contribution is 0.767. The Balaban J connectivity index is 1.98. The Morgan fingerprint density at radius 1 is 1.07 bits per heavy atom. The van der Waals surface area contributed by atoms with Crippen molar-refractivity contribution in [1.29, 1.82) is 0 Å². The van der Waals surface area contributed by atoms with Crippen LogP contribution in [0.25, 0.3) is 16.5 Å². The molecule has 138 valence electrons. The minimum absolute atomic E-state index is 0.0314. The van der Waals surface area contributed by atoms with Crippen LogP contribution in [0.4, 0.5) is 0 Å². The van der Waals surface area contributed by atoms with Gasteiger partial charge in [-0.05, 0) is 48.6 Å². The minimum atomic E-state index is -0.0314. The molecule has 0 spiro atoms. The highest BCUT2D eigenvalue weighted by Crippen LogP contribution is 2.20.